The lowest BCUT2D eigenvalue weighted by atomic mass is 10.0. The number of benzene rings is 1. The average molecular weight is 284 g/mol. The Kier molecular flexibility index (Phi) is 4.02. The smallest absolute Gasteiger partial charge is 0.322 e. The lowest BCUT2D eigenvalue weighted by Crippen LogP contribution is -2.31. The number of hydrogen-bond donors (Lipinski definition) is 0. The first kappa shape index (κ1) is 13.5. The van der Waals surface area contributed by atoms with Crippen molar-refractivity contribution >= 4 is 25.6 Å². The van der Waals surface area contributed by atoms with Crippen LogP contribution >= 0.6 is 0 Å². The molecular formula is C13H16O3S2. The van der Waals surface area contributed by atoms with E-state index in [2.05, 4.69) is 0 Å². The summed E-state index contributed by atoms with van der Waals surface area (Å²) in [6.07, 6.45) is 1.74. The SMILES string of the molecule is CCC[C@H]1COC(=O)C1S(=O)(=S)c1ccccc1. The number of ether oxygens (including phenoxy) is 1. The molecule has 1 aromatic rings. The second-order valence-corrected chi connectivity index (χ2v) is 8.01. The van der Waals surface area contributed by atoms with E-state index >= 15 is 0 Å². The first-order chi connectivity index (χ1) is 8.57. The largest absolute Gasteiger partial charge is 0.464 e. The lowest BCUT2D eigenvalue weighted by molar-refractivity contribution is -0.137. The molecule has 0 bridgehead atoms. The first-order valence-corrected chi connectivity index (χ1v) is 8.57. The summed E-state index contributed by atoms with van der Waals surface area (Å²) in [6, 6.07) is 8.87. The van der Waals surface area contributed by atoms with Crippen molar-refractivity contribution in [3.8, 4) is 0 Å². The Labute approximate surface area is 112 Å². The highest BCUT2D eigenvalue weighted by Crippen LogP contribution is 2.30. The van der Waals surface area contributed by atoms with Gasteiger partial charge in [0, 0.05) is 10.8 Å². The quantitative estimate of drug-likeness (QED) is 0.795. The average Bonchev–Trinajstić information content (AvgIpc) is 2.73. The zero-order valence-electron chi connectivity index (χ0n) is 10.2. The van der Waals surface area contributed by atoms with Crippen LogP contribution in [0.4, 0.5) is 0 Å². The number of hydrogen-bond acceptors (Lipinski definition) is 4. The molecular weight excluding hydrogens is 268 g/mol. The Morgan fingerprint density at radius 2 is 2.06 bits per heavy atom. The van der Waals surface area contributed by atoms with Gasteiger partial charge in [-0.25, -0.2) is 0 Å². The molecule has 1 fully saturated rings. The van der Waals surface area contributed by atoms with Crippen molar-refractivity contribution in [3.05, 3.63) is 30.3 Å². The molecule has 0 aromatic heterocycles. The van der Waals surface area contributed by atoms with Crippen LogP contribution in [0.25, 0.3) is 0 Å². The van der Waals surface area contributed by atoms with Gasteiger partial charge in [0.1, 0.15) is 5.25 Å². The fourth-order valence-corrected chi connectivity index (χ4v) is 5.21. The van der Waals surface area contributed by atoms with Crippen LogP contribution in [0.5, 0.6) is 0 Å². The van der Waals surface area contributed by atoms with E-state index in [0.29, 0.717) is 11.5 Å². The van der Waals surface area contributed by atoms with Gasteiger partial charge in [-0.05, 0) is 29.7 Å². The number of rotatable bonds is 4. The maximum absolute atomic E-state index is 12.8. The molecule has 0 saturated carbocycles. The molecule has 1 saturated heterocycles. The Morgan fingerprint density at radius 3 is 2.67 bits per heavy atom. The van der Waals surface area contributed by atoms with Crippen LogP contribution in [-0.2, 0) is 29.2 Å². The molecule has 5 heteroatoms. The summed E-state index contributed by atoms with van der Waals surface area (Å²) in [5, 5.41) is -0.671. The van der Waals surface area contributed by atoms with Crippen LogP contribution in [0.2, 0.25) is 0 Å². The zero-order valence-corrected chi connectivity index (χ0v) is 11.8. The van der Waals surface area contributed by atoms with Crippen LogP contribution in [-0.4, -0.2) is 22.0 Å². The number of esters is 1. The fraction of sp³-hybridized carbons (Fsp3) is 0.462. The van der Waals surface area contributed by atoms with Crippen LogP contribution in [0.15, 0.2) is 35.2 Å². The van der Waals surface area contributed by atoms with E-state index in [9.17, 15) is 9.00 Å². The van der Waals surface area contributed by atoms with Gasteiger partial charge >= 0.3 is 5.97 Å². The Morgan fingerprint density at radius 1 is 1.39 bits per heavy atom. The summed E-state index contributed by atoms with van der Waals surface area (Å²) in [4.78, 5) is 12.4. The molecule has 98 valence electrons. The summed E-state index contributed by atoms with van der Waals surface area (Å²) in [5.41, 5.74) is 0. The molecule has 2 rings (SSSR count). The van der Waals surface area contributed by atoms with Gasteiger partial charge in [-0.2, -0.15) is 0 Å². The van der Waals surface area contributed by atoms with Gasteiger partial charge in [-0.15, -0.1) is 0 Å². The van der Waals surface area contributed by atoms with E-state index in [0.717, 1.165) is 12.8 Å². The standard InChI is InChI=1S/C13H16O3S2/c1-2-6-10-9-16-13(14)12(10)18(15,17)11-7-4-3-5-8-11/h3-5,7-8,10,12H,2,6,9H2,1H3/t10-,12?,18?/m0/s1. The lowest BCUT2D eigenvalue weighted by Gasteiger charge is -2.17. The van der Waals surface area contributed by atoms with Crippen molar-refractivity contribution < 1.29 is 13.7 Å². The summed E-state index contributed by atoms with van der Waals surface area (Å²) in [5.74, 6) is -0.426. The summed E-state index contributed by atoms with van der Waals surface area (Å²) in [7, 11) is -2.80. The van der Waals surface area contributed by atoms with Crippen LogP contribution < -0.4 is 0 Å². The van der Waals surface area contributed by atoms with Crippen LogP contribution in [0.1, 0.15) is 19.8 Å². The monoisotopic (exact) mass is 284 g/mol. The maximum Gasteiger partial charge on any atom is 0.322 e. The van der Waals surface area contributed by atoms with Gasteiger partial charge in [0.2, 0.25) is 0 Å². The minimum Gasteiger partial charge on any atom is -0.464 e. The Balaban J connectivity index is 2.37. The molecule has 0 aliphatic carbocycles. The van der Waals surface area contributed by atoms with Gasteiger partial charge in [0.15, 0.2) is 0 Å². The predicted octanol–water partition coefficient (Wildman–Crippen LogP) is 2.13. The molecule has 0 spiro atoms. The van der Waals surface area contributed by atoms with Crippen molar-refractivity contribution in [1.82, 2.24) is 0 Å². The van der Waals surface area contributed by atoms with Gasteiger partial charge in [-0.3, -0.25) is 9.00 Å². The van der Waals surface area contributed by atoms with Gasteiger partial charge in [-0.1, -0.05) is 31.5 Å². The minimum atomic E-state index is -2.80. The molecule has 0 radical (unpaired) electrons. The molecule has 3 atom stereocenters. The normalized spacial score (nSPS) is 26.6. The van der Waals surface area contributed by atoms with E-state index in [1.807, 2.05) is 13.0 Å². The number of carbonyl (C=O) groups is 1. The summed E-state index contributed by atoms with van der Waals surface area (Å²) >= 11 is 5.26. The molecule has 18 heavy (non-hydrogen) atoms. The molecule has 0 N–H and O–H groups in total. The third-order valence-corrected chi connectivity index (χ3v) is 6.54. The number of carbonyl (C=O) groups excluding carboxylic acids is 1. The van der Waals surface area contributed by atoms with E-state index in [-0.39, 0.29) is 5.92 Å². The van der Waals surface area contributed by atoms with Crippen molar-refractivity contribution in [2.45, 2.75) is 29.9 Å². The van der Waals surface area contributed by atoms with Crippen molar-refractivity contribution in [3.63, 3.8) is 0 Å². The molecule has 1 aliphatic heterocycles. The minimum absolute atomic E-state index is 0.0206. The maximum atomic E-state index is 12.8. The van der Waals surface area contributed by atoms with Crippen molar-refractivity contribution in [2.75, 3.05) is 6.61 Å². The van der Waals surface area contributed by atoms with Crippen molar-refractivity contribution in [2.24, 2.45) is 5.92 Å². The van der Waals surface area contributed by atoms with Gasteiger partial charge in [0.05, 0.1) is 15.1 Å². The Bertz CT molecular complexity index is 522. The third kappa shape index (κ3) is 2.42. The van der Waals surface area contributed by atoms with Crippen molar-refractivity contribution in [1.29, 1.82) is 0 Å². The first-order valence-electron chi connectivity index (χ1n) is 6.03. The van der Waals surface area contributed by atoms with E-state index in [1.165, 1.54) is 0 Å². The molecule has 3 nitrogen and oxygen atoms in total. The topological polar surface area (TPSA) is 43.4 Å². The molecule has 1 heterocycles. The predicted molar refractivity (Wildman–Crippen MR) is 73.4 cm³/mol. The molecule has 2 unspecified atom stereocenters. The second-order valence-electron chi connectivity index (χ2n) is 4.46. The molecule has 1 aliphatic rings. The van der Waals surface area contributed by atoms with E-state index in [1.54, 1.807) is 24.3 Å². The molecule has 1 aromatic carbocycles. The van der Waals surface area contributed by atoms with Crippen LogP contribution in [0.3, 0.4) is 0 Å². The van der Waals surface area contributed by atoms with Crippen LogP contribution in [0, 0.1) is 5.92 Å². The summed E-state index contributed by atoms with van der Waals surface area (Å²) < 4.78 is 17.9. The highest BCUT2D eigenvalue weighted by molar-refractivity contribution is 8.33. The highest BCUT2D eigenvalue weighted by atomic mass is 32.8. The van der Waals surface area contributed by atoms with E-state index in [4.69, 9.17) is 15.9 Å². The van der Waals surface area contributed by atoms with E-state index < -0.39 is 19.7 Å². The second kappa shape index (κ2) is 5.36. The summed E-state index contributed by atoms with van der Waals surface area (Å²) in [6.45, 7) is 2.38. The third-order valence-electron chi connectivity index (χ3n) is 3.17. The Hall–Kier alpha value is -0.940. The van der Waals surface area contributed by atoms with Gasteiger partial charge < -0.3 is 4.74 Å². The van der Waals surface area contributed by atoms with Gasteiger partial charge in [0.25, 0.3) is 0 Å². The number of cyclic esters (lactones) is 1. The molecule has 0 amide bonds. The zero-order chi connectivity index (χ0) is 13.2. The highest BCUT2D eigenvalue weighted by Gasteiger charge is 2.43. The fourth-order valence-electron chi connectivity index (χ4n) is 2.29.